The third-order valence-corrected chi connectivity index (χ3v) is 3.82. The average molecular weight is 342 g/mol. The molecule has 0 aliphatic heterocycles. The predicted octanol–water partition coefficient (Wildman–Crippen LogP) is 3.85. The zero-order valence-electron chi connectivity index (χ0n) is 13.1. The number of anilines is 1. The average Bonchev–Trinajstić information content (AvgIpc) is 3.02. The van der Waals surface area contributed by atoms with Gasteiger partial charge in [0.25, 0.3) is 5.91 Å². The number of amides is 1. The molecule has 3 rings (SSSR count). The molecule has 1 N–H and O–H groups in total. The first-order chi connectivity index (χ1) is 11.7. The monoisotopic (exact) mass is 341 g/mol. The summed E-state index contributed by atoms with van der Waals surface area (Å²) in [6.45, 7) is 0.583. The summed E-state index contributed by atoms with van der Waals surface area (Å²) in [7, 11) is 1.63. The number of halogens is 1. The van der Waals surface area contributed by atoms with E-state index >= 15 is 0 Å². The maximum atomic E-state index is 12.2. The second-order valence-electron chi connectivity index (χ2n) is 5.21. The van der Waals surface area contributed by atoms with Gasteiger partial charge in [0.2, 0.25) is 0 Å². The lowest BCUT2D eigenvalue weighted by molar-refractivity contribution is 0.102. The van der Waals surface area contributed by atoms with Crippen LogP contribution in [0.1, 0.15) is 15.9 Å². The molecule has 1 heterocycles. The third kappa shape index (κ3) is 3.75. The van der Waals surface area contributed by atoms with Gasteiger partial charge in [-0.25, -0.2) is 0 Å². The minimum absolute atomic E-state index is 0.262. The minimum atomic E-state index is -0.262. The van der Waals surface area contributed by atoms with Crippen LogP contribution in [0.2, 0.25) is 5.02 Å². The highest BCUT2D eigenvalue weighted by Gasteiger charge is 2.11. The van der Waals surface area contributed by atoms with Crippen molar-refractivity contribution >= 4 is 23.2 Å². The molecule has 1 aromatic heterocycles. The van der Waals surface area contributed by atoms with E-state index < -0.39 is 0 Å². The number of nitrogens with one attached hydrogen (secondary N) is 1. The Morgan fingerprint density at radius 2 is 2.08 bits per heavy atom. The zero-order chi connectivity index (χ0) is 16.9. The molecule has 5 nitrogen and oxygen atoms in total. The number of carbonyl (C=O) groups is 1. The minimum Gasteiger partial charge on any atom is -0.497 e. The molecule has 0 atom stereocenters. The number of ether oxygens (including phenoxy) is 1. The van der Waals surface area contributed by atoms with Crippen LogP contribution in [-0.2, 0) is 6.54 Å². The molecule has 0 spiro atoms. The van der Waals surface area contributed by atoms with Crippen LogP contribution >= 0.6 is 11.6 Å². The van der Waals surface area contributed by atoms with Gasteiger partial charge in [-0.3, -0.25) is 9.48 Å². The SMILES string of the molecule is COc1cccc(Cn2cc(NC(=O)c3ccccc3Cl)cn2)c1. The molecule has 122 valence electrons. The molecule has 6 heteroatoms. The summed E-state index contributed by atoms with van der Waals surface area (Å²) in [6, 6.07) is 14.7. The number of rotatable bonds is 5. The Bertz CT molecular complexity index is 861. The molecule has 0 aliphatic rings. The van der Waals surface area contributed by atoms with Gasteiger partial charge in [-0.15, -0.1) is 0 Å². The lowest BCUT2D eigenvalue weighted by Gasteiger charge is -2.05. The van der Waals surface area contributed by atoms with Crippen molar-refractivity contribution in [3.63, 3.8) is 0 Å². The fraction of sp³-hybridized carbons (Fsp3) is 0.111. The van der Waals surface area contributed by atoms with Crippen LogP contribution in [0.15, 0.2) is 60.9 Å². The second-order valence-corrected chi connectivity index (χ2v) is 5.62. The Kier molecular flexibility index (Phi) is 4.82. The van der Waals surface area contributed by atoms with Gasteiger partial charge < -0.3 is 10.1 Å². The number of hydrogen-bond donors (Lipinski definition) is 1. The van der Waals surface area contributed by atoms with Gasteiger partial charge in [0.05, 0.1) is 36.1 Å². The molecule has 0 fully saturated rings. The van der Waals surface area contributed by atoms with E-state index in [1.807, 2.05) is 24.3 Å². The molecule has 24 heavy (non-hydrogen) atoms. The summed E-state index contributed by atoms with van der Waals surface area (Å²) in [6.07, 6.45) is 3.38. The molecule has 0 saturated carbocycles. The lowest BCUT2D eigenvalue weighted by atomic mass is 10.2. The van der Waals surface area contributed by atoms with Crippen molar-refractivity contribution in [2.24, 2.45) is 0 Å². The fourth-order valence-electron chi connectivity index (χ4n) is 2.32. The van der Waals surface area contributed by atoms with E-state index in [9.17, 15) is 4.79 Å². The Morgan fingerprint density at radius 1 is 1.25 bits per heavy atom. The summed E-state index contributed by atoms with van der Waals surface area (Å²) in [4.78, 5) is 12.2. The molecule has 2 aromatic carbocycles. The summed E-state index contributed by atoms with van der Waals surface area (Å²) in [5.41, 5.74) is 2.10. The number of aromatic nitrogens is 2. The summed E-state index contributed by atoms with van der Waals surface area (Å²) in [5, 5.41) is 7.48. The van der Waals surface area contributed by atoms with Crippen molar-refractivity contribution in [3.8, 4) is 5.75 Å². The van der Waals surface area contributed by atoms with Crippen molar-refractivity contribution in [2.45, 2.75) is 6.54 Å². The van der Waals surface area contributed by atoms with E-state index in [-0.39, 0.29) is 5.91 Å². The third-order valence-electron chi connectivity index (χ3n) is 3.49. The number of nitrogens with zero attached hydrogens (tertiary/aromatic N) is 2. The normalized spacial score (nSPS) is 10.4. The molecule has 1 amide bonds. The lowest BCUT2D eigenvalue weighted by Crippen LogP contribution is -2.11. The molecule has 0 unspecified atom stereocenters. The van der Waals surface area contributed by atoms with Crippen molar-refractivity contribution in [2.75, 3.05) is 12.4 Å². The Labute approximate surface area is 144 Å². The van der Waals surface area contributed by atoms with E-state index in [0.717, 1.165) is 11.3 Å². The molecule has 0 bridgehead atoms. The topological polar surface area (TPSA) is 56.1 Å². The highest BCUT2D eigenvalue weighted by molar-refractivity contribution is 6.34. The van der Waals surface area contributed by atoms with Crippen molar-refractivity contribution in [1.29, 1.82) is 0 Å². The molecular formula is C18H16ClN3O2. The maximum absolute atomic E-state index is 12.2. The fourth-order valence-corrected chi connectivity index (χ4v) is 2.54. The Morgan fingerprint density at radius 3 is 2.88 bits per heavy atom. The molecule has 0 aliphatic carbocycles. The van der Waals surface area contributed by atoms with E-state index in [1.54, 1.807) is 48.5 Å². The number of hydrogen-bond acceptors (Lipinski definition) is 3. The number of carbonyl (C=O) groups excluding carboxylic acids is 1. The van der Waals surface area contributed by atoms with Gasteiger partial charge in [0.1, 0.15) is 5.75 Å². The van der Waals surface area contributed by atoms with Crippen LogP contribution in [0, 0.1) is 0 Å². The Hall–Kier alpha value is -2.79. The zero-order valence-corrected chi connectivity index (χ0v) is 13.8. The van der Waals surface area contributed by atoms with Gasteiger partial charge in [0.15, 0.2) is 0 Å². The Balaban J connectivity index is 1.69. The van der Waals surface area contributed by atoms with E-state index in [1.165, 1.54) is 0 Å². The quantitative estimate of drug-likeness (QED) is 0.767. The van der Waals surface area contributed by atoms with Crippen molar-refractivity contribution in [3.05, 3.63) is 77.1 Å². The summed E-state index contributed by atoms with van der Waals surface area (Å²) < 4.78 is 6.96. The van der Waals surface area contributed by atoms with Gasteiger partial charge in [0, 0.05) is 6.20 Å². The first kappa shape index (κ1) is 16.1. The van der Waals surface area contributed by atoms with Crippen LogP contribution in [0.25, 0.3) is 0 Å². The predicted molar refractivity (Wildman–Crippen MR) is 93.7 cm³/mol. The van der Waals surface area contributed by atoms with Gasteiger partial charge >= 0.3 is 0 Å². The van der Waals surface area contributed by atoms with Gasteiger partial charge in [-0.1, -0.05) is 35.9 Å². The molecular weight excluding hydrogens is 326 g/mol. The van der Waals surface area contributed by atoms with Crippen LogP contribution in [0.5, 0.6) is 5.75 Å². The molecule has 0 saturated heterocycles. The second kappa shape index (κ2) is 7.19. The maximum Gasteiger partial charge on any atom is 0.257 e. The van der Waals surface area contributed by atoms with Crippen LogP contribution in [0.3, 0.4) is 0 Å². The van der Waals surface area contributed by atoms with Crippen LogP contribution in [0.4, 0.5) is 5.69 Å². The van der Waals surface area contributed by atoms with E-state index in [0.29, 0.717) is 22.8 Å². The first-order valence-corrected chi connectivity index (χ1v) is 7.75. The highest BCUT2D eigenvalue weighted by atomic mass is 35.5. The number of benzene rings is 2. The largest absolute Gasteiger partial charge is 0.497 e. The first-order valence-electron chi connectivity index (χ1n) is 7.37. The highest BCUT2D eigenvalue weighted by Crippen LogP contribution is 2.18. The summed E-state index contributed by atoms with van der Waals surface area (Å²) in [5.74, 6) is 0.536. The smallest absolute Gasteiger partial charge is 0.257 e. The summed E-state index contributed by atoms with van der Waals surface area (Å²) >= 11 is 6.03. The van der Waals surface area contributed by atoms with Crippen molar-refractivity contribution < 1.29 is 9.53 Å². The number of methoxy groups -OCH3 is 1. The van der Waals surface area contributed by atoms with Gasteiger partial charge in [-0.05, 0) is 29.8 Å². The van der Waals surface area contributed by atoms with Crippen LogP contribution < -0.4 is 10.1 Å². The molecule has 3 aromatic rings. The van der Waals surface area contributed by atoms with Gasteiger partial charge in [-0.2, -0.15) is 5.10 Å². The van der Waals surface area contributed by atoms with Crippen LogP contribution in [-0.4, -0.2) is 22.8 Å². The van der Waals surface area contributed by atoms with E-state index in [2.05, 4.69) is 10.4 Å². The van der Waals surface area contributed by atoms with E-state index in [4.69, 9.17) is 16.3 Å². The van der Waals surface area contributed by atoms with Crippen molar-refractivity contribution in [1.82, 2.24) is 9.78 Å². The standard InChI is InChI=1S/C18H16ClN3O2/c1-24-15-6-4-5-13(9-15)11-22-12-14(10-20-22)21-18(23)16-7-2-3-8-17(16)19/h2-10,12H,11H2,1H3,(H,21,23). The molecule has 0 radical (unpaired) electrons.